The Morgan fingerprint density at radius 2 is 1.81 bits per heavy atom. The Bertz CT molecular complexity index is 1070. The molecule has 0 spiro atoms. The molecule has 1 atom stereocenters. The number of nitrogens with zero attached hydrogens (tertiary/aromatic N) is 1. The van der Waals surface area contributed by atoms with E-state index in [1.165, 1.54) is 24.3 Å². The van der Waals surface area contributed by atoms with Crippen molar-refractivity contribution in [2.24, 2.45) is 5.92 Å². The van der Waals surface area contributed by atoms with E-state index in [4.69, 9.17) is 4.74 Å². The van der Waals surface area contributed by atoms with Crippen LogP contribution < -0.4 is 5.32 Å². The van der Waals surface area contributed by atoms with Crippen LogP contribution in [0.5, 0.6) is 0 Å². The molecule has 0 bridgehead atoms. The molecule has 2 aliphatic rings. The van der Waals surface area contributed by atoms with E-state index < -0.39 is 17.7 Å². The van der Waals surface area contributed by atoms with Crippen LogP contribution in [0, 0.1) is 11.7 Å². The standard InChI is InChI=1S/C24H23FN2O5/c25-19-7-3-15(4-8-19)23(30)27-11-1-2-18(13-27)24(31)32-14-21(28)17-5-9-20-16(12-17)6-10-22(29)26-20/h3-5,7-9,12,18H,1-2,6,10-11,13-14H2,(H,26,29). The van der Waals surface area contributed by atoms with Crippen molar-refractivity contribution < 1.29 is 28.3 Å². The molecule has 0 radical (unpaired) electrons. The molecule has 32 heavy (non-hydrogen) atoms. The van der Waals surface area contributed by atoms with Crippen LogP contribution in [0.4, 0.5) is 10.1 Å². The molecular weight excluding hydrogens is 415 g/mol. The zero-order chi connectivity index (χ0) is 22.7. The highest BCUT2D eigenvalue weighted by atomic mass is 19.1. The third kappa shape index (κ3) is 4.85. The molecule has 2 amide bonds. The molecule has 166 valence electrons. The van der Waals surface area contributed by atoms with E-state index in [0.29, 0.717) is 49.0 Å². The molecule has 7 nitrogen and oxygen atoms in total. The van der Waals surface area contributed by atoms with Gasteiger partial charge in [-0.05, 0) is 67.3 Å². The van der Waals surface area contributed by atoms with Crippen LogP contribution in [0.3, 0.4) is 0 Å². The maximum atomic E-state index is 13.1. The molecule has 1 saturated heterocycles. The Morgan fingerprint density at radius 1 is 1.06 bits per heavy atom. The number of carbonyl (C=O) groups is 4. The summed E-state index contributed by atoms with van der Waals surface area (Å²) in [6.45, 7) is 0.318. The number of benzene rings is 2. The van der Waals surface area contributed by atoms with Crippen molar-refractivity contribution in [3.63, 3.8) is 0 Å². The number of aryl methyl sites for hydroxylation is 1. The minimum atomic E-state index is -0.514. The normalized spacial score (nSPS) is 17.8. The molecule has 0 aromatic heterocycles. The summed E-state index contributed by atoms with van der Waals surface area (Å²) in [5, 5.41) is 2.76. The summed E-state index contributed by atoms with van der Waals surface area (Å²) in [5.41, 5.74) is 2.36. The number of halogens is 1. The number of anilines is 1. The van der Waals surface area contributed by atoms with Crippen molar-refractivity contribution >= 4 is 29.3 Å². The SMILES string of the molecule is O=C1CCc2cc(C(=O)COC(=O)C3CCCN(C(=O)c4ccc(F)cc4)C3)ccc2N1. The van der Waals surface area contributed by atoms with Crippen LogP contribution in [-0.2, 0) is 20.7 Å². The number of hydrogen-bond donors (Lipinski definition) is 1. The minimum Gasteiger partial charge on any atom is -0.457 e. The fourth-order valence-electron chi connectivity index (χ4n) is 4.02. The van der Waals surface area contributed by atoms with E-state index in [9.17, 15) is 23.6 Å². The summed E-state index contributed by atoms with van der Waals surface area (Å²) in [6.07, 6.45) is 2.13. The maximum Gasteiger partial charge on any atom is 0.311 e. The lowest BCUT2D eigenvalue weighted by Gasteiger charge is -2.31. The van der Waals surface area contributed by atoms with Gasteiger partial charge >= 0.3 is 5.97 Å². The van der Waals surface area contributed by atoms with Crippen LogP contribution >= 0.6 is 0 Å². The molecule has 0 saturated carbocycles. The van der Waals surface area contributed by atoms with Gasteiger partial charge in [-0.15, -0.1) is 0 Å². The van der Waals surface area contributed by atoms with Gasteiger partial charge in [-0.1, -0.05) is 0 Å². The first-order valence-electron chi connectivity index (χ1n) is 10.6. The number of rotatable bonds is 5. The molecule has 2 aliphatic heterocycles. The van der Waals surface area contributed by atoms with Gasteiger partial charge in [0.25, 0.3) is 5.91 Å². The topological polar surface area (TPSA) is 92.8 Å². The van der Waals surface area contributed by atoms with Crippen molar-refractivity contribution in [2.75, 3.05) is 25.0 Å². The van der Waals surface area contributed by atoms with Gasteiger partial charge in [-0.2, -0.15) is 0 Å². The second-order valence-electron chi connectivity index (χ2n) is 8.05. The predicted octanol–water partition coefficient (Wildman–Crippen LogP) is 2.99. The number of ketones is 1. The van der Waals surface area contributed by atoms with E-state index >= 15 is 0 Å². The summed E-state index contributed by atoms with van der Waals surface area (Å²) in [5.74, 6) is -2.09. The summed E-state index contributed by atoms with van der Waals surface area (Å²) in [7, 11) is 0. The van der Waals surface area contributed by atoms with E-state index in [0.717, 1.165) is 5.56 Å². The highest BCUT2D eigenvalue weighted by Crippen LogP contribution is 2.24. The molecule has 1 N–H and O–H groups in total. The number of piperidine rings is 1. The van der Waals surface area contributed by atoms with E-state index in [1.54, 1.807) is 23.1 Å². The third-order valence-electron chi connectivity index (χ3n) is 5.80. The average Bonchev–Trinajstić information content (AvgIpc) is 2.82. The van der Waals surface area contributed by atoms with Gasteiger partial charge in [-0.25, -0.2) is 4.39 Å². The first kappa shape index (κ1) is 21.7. The lowest BCUT2D eigenvalue weighted by molar-refractivity contribution is -0.148. The van der Waals surface area contributed by atoms with Crippen LogP contribution in [0.2, 0.25) is 0 Å². The molecule has 1 unspecified atom stereocenters. The maximum absolute atomic E-state index is 13.1. The number of esters is 1. The highest BCUT2D eigenvalue weighted by Gasteiger charge is 2.30. The molecule has 8 heteroatoms. The van der Waals surface area contributed by atoms with Crippen molar-refractivity contribution in [1.82, 2.24) is 4.90 Å². The molecule has 2 aromatic rings. The zero-order valence-corrected chi connectivity index (χ0v) is 17.4. The third-order valence-corrected chi connectivity index (χ3v) is 5.80. The van der Waals surface area contributed by atoms with Gasteiger partial charge in [0.1, 0.15) is 5.82 Å². The average molecular weight is 438 g/mol. The second kappa shape index (κ2) is 9.30. The summed E-state index contributed by atoms with van der Waals surface area (Å²) in [6, 6.07) is 10.3. The lowest BCUT2D eigenvalue weighted by atomic mass is 9.97. The number of fused-ring (bicyclic) bond motifs is 1. The number of amides is 2. The minimum absolute atomic E-state index is 0.0510. The van der Waals surface area contributed by atoms with Crippen LogP contribution in [-0.4, -0.2) is 48.2 Å². The number of nitrogens with one attached hydrogen (secondary N) is 1. The van der Waals surface area contributed by atoms with E-state index in [1.807, 2.05) is 0 Å². The number of ether oxygens (including phenoxy) is 1. The molecule has 4 rings (SSSR count). The van der Waals surface area contributed by atoms with Crippen LogP contribution in [0.25, 0.3) is 0 Å². The van der Waals surface area contributed by atoms with Gasteiger partial charge in [0.2, 0.25) is 5.91 Å². The highest BCUT2D eigenvalue weighted by molar-refractivity contribution is 6.00. The molecule has 2 aromatic carbocycles. The molecule has 1 fully saturated rings. The summed E-state index contributed by atoms with van der Waals surface area (Å²) >= 11 is 0. The van der Waals surface area contributed by atoms with Crippen molar-refractivity contribution in [1.29, 1.82) is 0 Å². The van der Waals surface area contributed by atoms with Gasteiger partial charge in [-0.3, -0.25) is 19.2 Å². The molecule has 0 aliphatic carbocycles. The van der Waals surface area contributed by atoms with E-state index in [-0.39, 0.29) is 30.7 Å². The number of likely N-dealkylation sites (tertiary alicyclic amines) is 1. The van der Waals surface area contributed by atoms with Gasteiger partial charge in [0.05, 0.1) is 5.92 Å². The van der Waals surface area contributed by atoms with Gasteiger partial charge in [0, 0.05) is 36.3 Å². The zero-order valence-electron chi connectivity index (χ0n) is 17.4. The summed E-state index contributed by atoms with van der Waals surface area (Å²) in [4.78, 5) is 50.7. The quantitative estimate of drug-likeness (QED) is 0.572. The number of Topliss-reactive ketones (excluding diaryl/α,β-unsaturated/α-hetero) is 1. The Morgan fingerprint density at radius 3 is 2.59 bits per heavy atom. The van der Waals surface area contributed by atoms with Crippen LogP contribution in [0.15, 0.2) is 42.5 Å². The first-order chi connectivity index (χ1) is 15.4. The molecular formula is C24H23FN2O5. The number of hydrogen-bond acceptors (Lipinski definition) is 5. The van der Waals surface area contributed by atoms with Gasteiger partial charge < -0.3 is 15.0 Å². The van der Waals surface area contributed by atoms with Crippen LogP contribution in [0.1, 0.15) is 45.5 Å². The first-order valence-corrected chi connectivity index (χ1v) is 10.6. The van der Waals surface area contributed by atoms with Crippen molar-refractivity contribution in [2.45, 2.75) is 25.7 Å². The Labute approximate surface area is 184 Å². The molecule has 2 heterocycles. The summed E-state index contributed by atoms with van der Waals surface area (Å²) < 4.78 is 18.4. The lowest BCUT2D eigenvalue weighted by Crippen LogP contribution is -2.43. The largest absolute Gasteiger partial charge is 0.457 e. The second-order valence-corrected chi connectivity index (χ2v) is 8.05. The number of carbonyl (C=O) groups excluding carboxylic acids is 4. The smallest absolute Gasteiger partial charge is 0.311 e. The Hall–Kier alpha value is -3.55. The van der Waals surface area contributed by atoms with Crippen molar-refractivity contribution in [3.05, 3.63) is 65.0 Å². The fraction of sp³-hybridized carbons (Fsp3) is 0.333. The predicted molar refractivity (Wildman–Crippen MR) is 114 cm³/mol. The van der Waals surface area contributed by atoms with Gasteiger partial charge in [0.15, 0.2) is 12.4 Å². The Kier molecular flexibility index (Phi) is 6.30. The fourth-order valence-corrected chi connectivity index (χ4v) is 4.02. The Balaban J connectivity index is 1.32. The monoisotopic (exact) mass is 438 g/mol. The van der Waals surface area contributed by atoms with Crippen molar-refractivity contribution in [3.8, 4) is 0 Å². The van der Waals surface area contributed by atoms with E-state index in [2.05, 4.69) is 5.32 Å².